The summed E-state index contributed by atoms with van der Waals surface area (Å²) in [5.41, 5.74) is 2.74. The number of aromatic nitrogens is 6. The molecule has 4 heterocycles. The molecule has 0 radical (unpaired) electrons. The van der Waals surface area contributed by atoms with Crippen LogP contribution in [0.25, 0.3) is 11.2 Å². The van der Waals surface area contributed by atoms with Gasteiger partial charge in [0, 0.05) is 24.7 Å². The minimum Gasteiger partial charge on any atom is -0.481 e. The lowest BCUT2D eigenvalue weighted by atomic mass is 10.3. The van der Waals surface area contributed by atoms with Crippen LogP contribution in [0, 0.1) is 0 Å². The molecule has 0 aliphatic heterocycles. The third kappa shape index (κ3) is 2.76. The van der Waals surface area contributed by atoms with E-state index in [4.69, 9.17) is 4.74 Å². The summed E-state index contributed by atoms with van der Waals surface area (Å²) < 4.78 is 7.11. The summed E-state index contributed by atoms with van der Waals surface area (Å²) in [6.45, 7) is 0.686. The third-order valence-electron chi connectivity index (χ3n) is 3.57. The number of anilines is 2. The van der Waals surface area contributed by atoms with E-state index in [2.05, 4.69) is 30.5 Å². The van der Waals surface area contributed by atoms with Crippen LogP contribution in [0.4, 0.5) is 11.6 Å². The number of methoxy groups -OCH3 is 1. The number of pyridine rings is 1. The van der Waals surface area contributed by atoms with Crippen molar-refractivity contribution in [2.45, 2.75) is 6.54 Å². The summed E-state index contributed by atoms with van der Waals surface area (Å²) in [6, 6.07) is 7.65. The molecule has 4 aromatic rings. The van der Waals surface area contributed by atoms with Gasteiger partial charge in [0.2, 0.25) is 5.88 Å². The van der Waals surface area contributed by atoms with Crippen LogP contribution in [0.5, 0.6) is 5.88 Å². The molecule has 0 unspecified atom stereocenters. The van der Waals surface area contributed by atoms with Crippen LogP contribution in [0.2, 0.25) is 0 Å². The van der Waals surface area contributed by atoms with Gasteiger partial charge >= 0.3 is 0 Å². The fraction of sp³-hybridized carbons (Fsp3) is 0.125. The van der Waals surface area contributed by atoms with E-state index in [0.29, 0.717) is 24.1 Å². The largest absolute Gasteiger partial charge is 0.481 e. The van der Waals surface area contributed by atoms with E-state index in [-0.39, 0.29) is 0 Å². The van der Waals surface area contributed by atoms with Crippen molar-refractivity contribution in [1.82, 2.24) is 29.7 Å². The number of rotatable bonds is 5. The lowest BCUT2D eigenvalue weighted by molar-refractivity contribution is 0.397. The van der Waals surface area contributed by atoms with E-state index in [1.165, 1.54) is 0 Å². The van der Waals surface area contributed by atoms with Gasteiger partial charge in [-0.3, -0.25) is 4.98 Å². The van der Waals surface area contributed by atoms with Gasteiger partial charge in [-0.15, -0.1) is 0 Å². The van der Waals surface area contributed by atoms with Gasteiger partial charge in [-0.1, -0.05) is 6.07 Å². The molecular weight excluding hydrogens is 306 g/mol. The molecule has 0 spiro atoms. The molecule has 0 fully saturated rings. The molecule has 0 aromatic carbocycles. The molecule has 0 aliphatic rings. The maximum atomic E-state index is 5.07. The topological polar surface area (TPSA) is 93.5 Å². The van der Waals surface area contributed by atoms with Crippen molar-refractivity contribution < 1.29 is 4.74 Å². The predicted molar refractivity (Wildman–Crippen MR) is 89.3 cm³/mol. The van der Waals surface area contributed by atoms with Crippen LogP contribution in [0.1, 0.15) is 5.56 Å². The zero-order valence-corrected chi connectivity index (χ0v) is 13.0. The lowest BCUT2D eigenvalue weighted by Crippen LogP contribution is -2.02. The highest BCUT2D eigenvalue weighted by Gasteiger charge is 2.08. The Labute approximate surface area is 137 Å². The highest BCUT2D eigenvalue weighted by Crippen LogP contribution is 2.19. The van der Waals surface area contributed by atoms with Gasteiger partial charge < -0.3 is 14.6 Å². The average Bonchev–Trinajstić information content (AvgIpc) is 3.23. The minimum absolute atomic E-state index is 0.575. The van der Waals surface area contributed by atoms with Gasteiger partial charge in [-0.2, -0.15) is 5.10 Å². The van der Waals surface area contributed by atoms with Gasteiger partial charge in [0.25, 0.3) is 0 Å². The number of hydrogen-bond acceptors (Lipinski definition) is 6. The first-order valence-electron chi connectivity index (χ1n) is 7.39. The van der Waals surface area contributed by atoms with Gasteiger partial charge in [-0.25, -0.2) is 15.1 Å². The molecule has 2 N–H and O–H groups in total. The highest BCUT2D eigenvalue weighted by molar-refractivity contribution is 5.73. The maximum Gasteiger partial charge on any atom is 0.210 e. The maximum absolute atomic E-state index is 5.07. The monoisotopic (exact) mass is 321 g/mol. The Morgan fingerprint density at radius 2 is 2.21 bits per heavy atom. The molecule has 0 saturated carbocycles. The van der Waals surface area contributed by atoms with Crippen molar-refractivity contribution in [3.63, 3.8) is 0 Å². The van der Waals surface area contributed by atoms with Crippen molar-refractivity contribution >= 4 is 22.8 Å². The number of nitrogens with zero attached hydrogens (tertiary/aromatic N) is 5. The second-order valence-electron chi connectivity index (χ2n) is 5.22. The molecule has 8 nitrogen and oxygen atoms in total. The van der Waals surface area contributed by atoms with Crippen molar-refractivity contribution in [3.05, 3.63) is 54.6 Å². The fourth-order valence-electron chi connectivity index (χ4n) is 2.43. The second-order valence-corrected chi connectivity index (χ2v) is 5.22. The Hall–Kier alpha value is -3.42. The van der Waals surface area contributed by atoms with E-state index < -0.39 is 0 Å². The zero-order chi connectivity index (χ0) is 16.4. The normalized spacial score (nSPS) is 10.9. The Balaban J connectivity index is 1.63. The van der Waals surface area contributed by atoms with Crippen LogP contribution in [0.15, 0.2) is 49.1 Å². The second kappa shape index (κ2) is 5.99. The molecule has 0 aliphatic carbocycles. The van der Waals surface area contributed by atoms with Crippen molar-refractivity contribution in [3.8, 4) is 5.88 Å². The summed E-state index contributed by atoms with van der Waals surface area (Å²) in [7, 11) is 1.58. The first kappa shape index (κ1) is 14.2. The average molecular weight is 321 g/mol. The summed E-state index contributed by atoms with van der Waals surface area (Å²) in [6.07, 6.45) is 7.26. The number of fused-ring (bicyclic) bond motifs is 1. The molecule has 120 valence electrons. The van der Waals surface area contributed by atoms with Crippen molar-refractivity contribution in [2.24, 2.45) is 0 Å². The van der Waals surface area contributed by atoms with Gasteiger partial charge in [0.1, 0.15) is 5.52 Å². The van der Waals surface area contributed by atoms with E-state index in [1.54, 1.807) is 25.6 Å². The Morgan fingerprint density at radius 1 is 1.25 bits per heavy atom. The van der Waals surface area contributed by atoms with Crippen molar-refractivity contribution in [2.75, 3.05) is 12.4 Å². The molecule has 4 aromatic heterocycles. The summed E-state index contributed by atoms with van der Waals surface area (Å²) in [5, 5.41) is 9.96. The SMILES string of the molecule is COc1cc(Nc2cnc3ccn(Cc4cccnc4)c3n2)n[nH]1. The predicted octanol–water partition coefficient (Wildman–Crippen LogP) is 2.35. The van der Waals surface area contributed by atoms with E-state index in [9.17, 15) is 0 Å². The molecule has 0 atom stereocenters. The standard InChI is InChI=1S/C16H15N7O/c1-24-15-7-13(21-22-15)19-14-9-18-12-4-6-23(16(12)20-14)10-11-3-2-5-17-8-11/h2-9H,10H2,1H3,(H2,19,20,21,22). The number of ether oxygens (including phenoxy) is 1. The van der Waals surface area contributed by atoms with E-state index in [1.807, 2.05) is 35.2 Å². The van der Waals surface area contributed by atoms with Gasteiger partial charge in [-0.05, 0) is 17.7 Å². The number of aromatic amines is 1. The van der Waals surface area contributed by atoms with Crippen LogP contribution in [-0.2, 0) is 6.54 Å². The smallest absolute Gasteiger partial charge is 0.210 e. The van der Waals surface area contributed by atoms with E-state index in [0.717, 1.165) is 16.7 Å². The molecule has 8 heteroatoms. The minimum atomic E-state index is 0.575. The fourth-order valence-corrected chi connectivity index (χ4v) is 2.43. The lowest BCUT2D eigenvalue weighted by Gasteiger charge is -2.06. The quantitative estimate of drug-likeness (QED) is 0.586. The molecular formula is C16H15N7O. The van der Waals surface area contributed by atoms with Gasteiger partial charge in [0.05, 0.1) is 19.9 Å². The number of hydrogen-bond donors (Lipinski definition) is 2. The summed E-state index contributed by atoms with van der Waals surface area (Å²) in [5.74, 6) is 1.81. The number of nitrogens with one attached hydrogen (secondary N) is 2. The highest BCUT2D eigenvalue weighted by atomic mass is 16.5. The Bertz CT molecular complexity index is 961. The molecule has 0 saturated heterocycles. The van der Waals surface area contributed by atoms with Crippen LogP contribution < -0.4 is 10.1 Å². The molecule has 24 heavy (non-hydrogen) atoms. The van der Waals surface area contributed by atoms with E-state index >= 15 is 0 Å². The van der Waals surface area contributed by atoms with Crippen LogP contribution >= 0.6 is 0 Å². The van der Waals surface area contributed by atoms with Crippen LogP contribution in [-0.4, -0.2) is 36.8 Å². The number of H-pyrrole nitrogens is 1. The first-order chi connectivity index (χ1) is 11.8. The Morgan fingerprint density at radius 3 is 3.00 bits per heavy atom. The first-order valence-corrected chi connectivity index (χ1v) is 7.39. The Kier molecular flexibility index (Phi) is 3.54. The third-order valence-corrected chi connectivity index (χ3v) is 3.57. The van der Waals surface area contributed by atoms with Crippen LogP contribution in [0.3, 0.4) is 0 Å². The van der Waals surface area contributed by atoms with Crippen molar-refractivity contribution in [1.29, 1.82) is 0 Å². The molecule has 0 amide bonds. The van der Waals surface area contributed by atoms with Gasteiger partial charge in [0.15, 0.2) is 17.3 Å². The summed E-state index contributed by atoms with van der Waals surface area (Å²) >= 11 is 0. The zero-order valence-electron chi connectivity index (χ0n) is 13.0. The molecule has 4 rings (SSSR count). The summed E-state index contributed by atoms with van der Waals surface area (Å²) in [4.78, 5) is 13.2. The molecule has 0 bridgehead atoms.